The van der Waals surface area contributed by atoms with Crippen molar-refractivity contribution < 1.29 is 4.74 Å². The van der Waals surface area contributed by atoms with Crippen LogP contribution in [0.5, 0.6) is 0 Å². The van der Waals surface area contributed by atoms with Crippen molar-refractivity contribution >= 4 is 17.3 Å². The highest BCUT2D eigenvalue weighted by molar-refractivity contribution is 7.80. The van der Waals surface area contributed by atoms with Crippen molar-refractivity contribution in [1.29, 1.82) is 0 Å². The van der Waals surface area contributed by atoms with Gasteiger partial charge in [0.2, 0.25) is 0 Å². The Balaban J connectivity index is 3.01. The predicted octanol–water partition coefficient (Wildman–Crippen LogP) is 4.49. The first kappa shape index (κ1) is 13.9. The predicted molar refractivity (Wildman–Crippen MR) is 66.8 cm³/mol. The Morgan fingerprint density at radius 1 is 0.929 bits per heavy atom. The van der Waals surface area contributed by atoms with Crippen LogP contribution in [0, 0.1) is 0 Å². The maximum atomic E-state index is 5.22. The van der Waals surface area contributed by atoms with Crippen molar-refractivity contribution in [3.8, 4) is 0 Å². The first-order valence-electron chi connectivity index (χ1n) is 5.96. The molecule has 2 heteroatoms. The van der Waals surface area contributed by atoms with Gasteiger partial charge in [0.05, 0.1) is 6.61 Å². The van der Waals surface area contributed by atoms with Crippen molar-refractivity contribution in [1.82, 2.24) is 0 Å². The molecule has 0 aromatic rings. The summed E-state index contributed by atoms with van der Waals surface area (Å²) in [5, 5.41) is 0.793. The van der Waals surface area contributed by atoms with E-state index in [1.165, 1.54) is 44.9 Å². The standard InChI is InChI=1S/C12H24OS/c1-3-5-6-7-8-9-10-11-12(14)13-4-2/h3-11H2,1-2H3. The van der Waals surface area contributed by atoms with E-state index in [4.69, 9.17) is 17.0 Å². The van der Waals surface area contributed by atoms with E-state index in [0.717, 1.165) is 18.1 Å². The Kier molecular flexibility index (Phi) is 10.9. The number of thiocarbonyl (C=S) groups is 1. The van der Waals surface area contributed by atoms with Gasteiger partial charge in [-0.25, -0.2) is 0 Å². The molecule has 84 valence electrons. The van der Waals surface area contributed by atoms with Gasteiger partial charge in [0, 0.05) is 6.42 Å². The third kappa shape index (κ3) is 9.97. The summed E-state index contributed by atoms with van der Waals surface area (Å²) >= 11 is 5.05. The summed E-state index contributed by atoms with van der Waals surface area (Å²) in [5.74, 6) is 0. The Morgan fingerprint density at radius 3 is 2.07 bits per heavy atom. The molecule has 0 amide bonds. The third-order valence-electron chi connectivity index (χ3n) is 2.29. The minimum Gasteiger partial charge on any atom is -0.487 e. The fraction of sp³-hybridized carbons (Fsp3) is 0.917. The summed E-state index contributed by atoms with van der Waals surface area (Å²) in [6.45, 7) is 4.95. The topological polar surface area (TPSA) is 9.23 Å². The maximum Gasteiger partial charge on any atom is 0.159 e. The van der Waals surface area contributed by atoms with Crippen LogP contribution in [-0.4, -0.2) is 11.7 Å². The lowest BCUT2D eigenvalue weighted by atomic mass is 10.1. The van der Waals surface area contributed by atoms with Crippen molar-refractivity contribution in [2.45, 2.75) is 65.2 Å². The summed E-state index contributed by atoms with van der Waals surface area (Å²) in [5.41, 5.74) is 0. The molecular formula is C12H24OS. The van der Waals surface area contributed by atoms with Gasteiger partial charge in [-0.1, -0.05) is 45.4 Å². The second kappa shape index (κ2) is 11.0. The Hall–Kier alpha value is -0.110. The van der Waals surface area contributed by atoms with Gasteiger partial charge in [0.15, 0.2) is 5.05 Å². The molecule has 0 radical (unpaired) electrons. The second-order valence-electron chi connectivity index (χ2n) is 3.68. The van der Waals surface area contributed by atoms with E-state index >= 15 is 0 Å². The normalized spacial score (nSPS) is 10.1. The van der Waals surface area contributed by atoms with Gasteiger partial charge in [0.25, 0.3) is 0 Å². The highest BCUT2D eigenvalue weighted by Crippen LogP contribution is 2.09. The molecule has 0 rings (SSSR count). The van der Waals surface area contributed by atoms with Crippen LogP contribution < -0.4 is 0 Å². The summed E-state index contributed by atoms with van der Waals surface area (Å²) < 4.78 is 5.22. The molecule has 14 heavy (non-hydrogen) atoms. The van der Waals surface area contributed by atoms with Crippen molar-refractivity contribution in [2.24, 2.45) is 0 Å². The SMILES string of the molecule is CCCCCCCCCC(=S)OCC. The van der Waals surface area contributed by atoms with Gasteiger partial charge < -0.3 is 4.74 Å². The lowest BCUT2D eigenvalue weighted by Gasteiger charge is -2.04. The van der Waals surface area contributed by atoms with Crippen LogP contribution in [0.15, 0.2) is 0 Å². The summed E-state index contributed by atoms with van der Waals surface area (Å²) in [4.78, 5) is 0. The highest BCUT2D eigenvalue weighted by atomic mass is 32.1. The van der Waals surface area contributed by atoms with Crippen LogP contribution in [-0.2, 0) is 4.74 Å². The van der Waals surface area contributed by atoms with Crippen LogP contribution in [0.1, 0.15) is 65.2 Å². The molecule has 0 saturated heterocycles. The van der Waals surface area contributed by atoms with Crippen LogP contribution in [0.2, 0.25) is 0 Å². The molecule has 0 aromatic heterocycles. The molecule has 0 bridgehead atoms. The number of hydrogen-bond donors (Lipinski definition) is 0. The molecule has 0 N–H and O–H groups in total. The van der Waals surface area contributed by atoms with E-state index in [1.807, 2.05) is 6.92 Å². The quantitative estimate of drug-likeness (QED) is 0.415. The minimum atomic E-state index is 0.718. The lowest BCUT2D eigenvalue weighted by molar-refractivity contribution is 0.325. The molecule has 0 aromatic carbocycles. The molecule has 0 aliphatic carbocycles. The van der Waals surface area contributed by atoms with Gasteiger partial charge in [-0.2, -0.15) is 0 Å². The van der Waals surface area contributed by atoms with E-state index in [0.29, 0.717) is 0 Å². The fourth-order valence-electron chi connectivity index (χ4n) is 1.46. The monoisotopic (exact) mass is 216 g/mol. The first-order chi connectivity index (χ1) is 6.81. The van der Waals surface area contributed by atoms with Crippen LogP contribution in [0.3, 0.4) is 0 Å². The second-order valence-corrected chi connectivity index (χ2v) is 4.13. The van der Waals surface area contributed by atoms with Crippen LogP contribution >= 0.6 is 12.2 Å². The zero-order valence-corrected chi connectivity index (χ0v) is 10.5. The molecular weight excluding hydrogens is 192 g/mol. The van der Waals surface area contributed by atoms with Crippen LogP contribution in [0.4, 0.5) is 0 Å². The number of rotatable bonds is 9. The smallest absolute Gasteiger partial charge is 0.159 e. The summed E-state index contributed by atoms with van der Waals surface area (Å²) in [6, 6.07) is 0. The van der Waals surface area contributed by atoms with E-state index in [9.17, 15) is 0 Å². The molecule has 0 saturated carbocycles. The van der Waals surface area contributed by atoms with Crippen molar-refractivity contribution in [2.75, 3.05) is 6.61 Å². The number of ether oxygens (including phenoxy) is 1. The Labute approximate surface area is 94.2 Å². The Bertz CT molecular complexity index is 134. The van der Waals surface area contributed by atoms with Crippen LogP contribution in [0.25, 0.3) is 0 Å². The molecule has 0 spiro atoms. The van der Waals surface area contributed by atoms with E-state index in [1.54, 1.807) is 0 Å². The molecule has 0 heterocycles. The average molecular weight is 216 g/mol. The third-order valence-corrected chi connectivity index (χ3v) is 2.61. The van der Waals surface area contributed by atoms with Gasteiger partial charge in [-0.3, -0.25) is 0 Å². The zero-order chi connectivity index (χ0) is 10.6. The van der Waals surface area contributed by atoms with E-state index < -0.39 is 0 Å². The van der Waals surface area contributed by atoms with Gasteiger partial charge in [-0.05, 0) is 25.6 Å². The largest absolute Gasteiger partial charge is 0.487 e. The average Bonchev–Trinajstić information content (AvgIpc) is 2.17. The van der Waals surface area contributed by atoms with Gasteiger partial charge in [0.1, 0.15) is 0 Å². The summed E-state index contributed by atoms with van der Waals surface area (Å²) in [7, 11) is 0. The number of hydrogen-bond acceptors (Lipinski definition) is 2. The van der Waals surface area contributed by atoms with Gasteiger partial charge in [-0.15, -0.1) is 0 Å². The lowest BCUT2D eigenvalue weighted by Crippen LogP contribution is -2.00. The molecule has 0 aliphatic heterocycles. The molecule has 1 nitrogen and oxygen atoms in total. The molecule has 0 fully saturated rings. The van der Waals surface area contributed by atoms with E-state index in [-0.39, 0.29) is 0 Å². The zero-order valence-electron chi connectivity index (χ0n) is 9.68. The van der Waals surface area contributed by atoms with Crippen molar-refractivity contribution in [3.63, 3.8) is 0 Å². The fourth-order valence-corrected chi connectivity index (χ4v) is 1.72. The van der Waals surface area contributed by atoms with Gasteiger partial charge >= 0.3 is 0 Å². The van der Waals surface area contributed by atoms with Crippen molar-refractivity contribution in [3.05, 3.63) is 0 Å². The molecule has 0 unspecified atom stereocenters. The Morgan fingerprint density at radius 2 is 1.50 bits per heavy atom. The minimum absolute atomic E-state index is 0.718. The summed E-state index contributed by atoms with van der Waals surface area (Å²) in [6.07, 6.45) is 10.3. The molecule has 0 aliphatic rings. The first-order valence-corrected chi connectivity index (χ1v) is 6.37. The maximum absolute atomic E-state index is 5.22. The highest BCUT2D eigenvalue weighted by Gasteiger charge is 1.96. The molecule has 0 atom stereocenters. The number of unbranched alkanes of at least 4 members (excludes halogenated alkanes) is 6. The van der Waals surface area contributed by atoms with E-state index in [2.05, 4.69) is 6.92 Å².